The average molecular weight is 263 g/mol. The van der Waals surface area contributed by atoms with Crippen LogP contribution in [-0.2, 0) is 4.79 Å². The highest BCUT2D eigenvalue weighted by Crippen LogP contribution is 2.21. The highest BCUT2D eigenvalue weighted by atomic mass is 16.5. The number of nitrogen functional groups attached to an aromatic ring is 1. The van der Waals surface area contributed by atoms with Crippen molar-refractivity contribution in [3.63, 3.8) is 0 Å². The van der Waals surface area contributed by atoms with Gasteiger partial charge in [0.05, 0.1) is 12.7 Å². The van der Waals surface area contributed by atoms with Gasteiger partial charge in [-0.15, -0.1) is 0 Å². The zero-order valence-electron chi connectivity index (χ0n) is 10.8. The third kappa shape index (κ3) is 2.96. The normalized spacial score (nSPS) is 15.6. The summed E-state index contributed by atoms with van der Waals surface area (Å²) in [7, 11) is 1.54. The van der Waals surface area contributed by atoms with Crippen LogP contribution in [0.4, 0.5) is 5.69 Å². The summed E-state index contributed by atoms with van der Waals surface area (Å²) >= 11 is 0. The van der Waals surface area contributed by atoms with Crippen molar-refractivity contribution in [2.24, 2.45) is 0 Å². The summed E-state index contributed by atoms with van der Waals surface area (Å²) in [5, 5.41) is 2.73. The van der Waals surface area contributed by atoms with E-state index in [4.69, 9.17) is 10.5 Å². The van der Waals surface area contributed by atoms with Crippen LogP contribution in [0.15, 0.2) is 18.2 Å². The Morgan fingerprint density at radius 3 is 2.95 bits per heavy atom. The smallest absolute Gasteiger partial charge is 0.256 e. The Balaban J connectivity index is 2.20. The number of carbonyl (C=O) groups excluding carboxylic acids is 2. The molecule has 0 spiro atoms. The minimum absolute atomic E-state index is 0.0334. The molecule has 0 bridgehead atoms. The van der Waals surface area contributed by atoms with Gasteiger partial charge < -0.3 is 20.7 Å². The van der Waals surface area contributed by atoms with Gasteiger partial charge in [0.1, 0.15) is 5.75 Å². The second kappa shape index (κ2) is 5.60. The highest BCUT2D eigenvalue weighted by molar-refractivity contribution is 5.99. The predicted octanol–water partition coefficient (Wildman–Crippen LogP) is 0.239. The van der Waals surface area contributed by atoms with Crippen molar-refractivity contribution in [2.75, 3.05) is 32.5 Å². The molecule has 1 aliphatic heterocycles. The average Bonchev–Trinajstić information content (AvgIpc) is 2.63. The standard InChI is InChI=1S/C13H17N3O3/c1-19-9-2-3-11(14)10(8-9)13(18)16-6-4-12(17)15-5-7-16/h2-3,8H,4-7,14H2,1H3,(H,15,17). The van der Waals surface area contributed by atoms with E-state index in [1.165, 1.54) is 7.11 Å². The number of nitrogens with zero attached hydrogens (tertiary/aromatic N) is 1. The van der Waals surface area contributed by atoms with Gasteiger partial charge >= 0.3 is 0 Å². The van der Waals surface area contributed by atoms with E-state index in [0.29, 0.717) is 43.1 Å². The number of benzene rings is 1. The molecule has 102 valence electrons. The van der Waals surface area contributed by atoms with Gasteiger partial charge in [-0.1, -0.05) is 0 Å². The number of ether oxygens (including phenoxy) is 1. The molecule has 0 saturated carbocycles. The number of hydrogen-bond acceptors (Lipinski definition) is 4. The molecule has 0 aromatic heterocycles. The lowest BCUT2D eigenvalue weighted by atomic mass is 10.1. The maximum atomic E-state index is 12.4. The van der Waals surface area contributed by atoms with Crippen LogP contribution in [0.25, 0.3) is 0 Å². The summed E-state index contributed by atoms with van der Waals surface area (Å²) in [5.74, 6) is 0.378. The Morgan fingerprint density at radius 1 is 1.42 bits per heavy atom. The second-order valence-electron chi connectivity index (χ2n) is 4.35. The topological polar surface area (TPSA) is 84.7 Å². The number of hydrogen-bond donors (Lipinski definition) is 2. The molecule has 0 atom stereocenters. The minimum atomic E-state index is -0.173. The molecule has 1 saturated heterocycles. The van der Waals surface area contributed by atoms with Crippen LogP contribution in [0.2, 0.25) is 0 Å². The first kappa shape index (κ1) is 13.2. The molecule has 1 aromatic carbocycles. The van der Waals surface area contributed by atoms with Crippen LogP contribution in [0.3, 0.4) is 0 Å². The Morgan fingerprint density at radius 2 is 2.21 bits per heavy atom. The van der Waals surface area contributed by atoms with Gasteiger partial charge in [-0.05, 0) is 18.2 Å². The van der Waals surface area contributed by atoms with Crippen molar-refractivity contribution in [3.05, 3.63) is 23.8 Å². The van der Waals surface area contributed by atoms with Gasteiger partial charge in [0.25, 0.3) is 5.91 Å². The molecule has 1 aliphatic rings. The quantitative estimate of drug-likeness (QED) is 0.749. The lowest BCUT2D eigenvalue weighted by Crippen LogP contribution is -2.34. The first-order valence-electron chi connectivity index (χ1n) is 6.11. The van der Waals surface area contributed by atoms with E-state index >= 15 is 0 Å². The lowest BCUT2D eigenvalue weighted by molar-refractivity contribution is -0.120. The number of anilines is 1. The van der Waals surface area contributed by atoms with Gasteiger partial charge in [-0.2, -0.15) is 0 Å². The lowest BCUT2D eigenvalue weighted by Gasteiger charge is -2.20. The van der Waals surface area contributed by atoms with Crippen LogP contribution in [-0.4, -0.2) is 43.5 Å². The van der Waals surface area contributed by atoms with E-state index in [-0.39, 0.29) is 11.8 Å². The van der Waals surface area contributed by atoms with E-state index < -0.39 is 0 Å². The second-order valence-corrected chi connectivity index (χ2v) is 4.35. The number of nitrogens with one attached hydrogen (secondary N) is 1. The molecule has 2 rings (SSSR count). The molecule has 0 aliphatic carbocycles. The third-order valence-corrected chi connectivity index (χ3v) is 3.09. The molecule has 3 N–H and O–H groups in total. The van der Waals surface area contributed by atoms with Crippen LogP contribution in [0, 0.1) is 0 Å². The van der Waals surface area contributed by atoms with Crippen molar-refractivity contribution in [1.82, 2.24) is 10.2 Å². The van der Waals surface area contributed by atoms with Crippen molar-refractivity contribution < 1.29 is 14.3 Å². The molecule has 0 radical (unpaired) electrons. The molecule has 1 aromatic rings. The summed E-state index contributed by atoms with van der Waals surface area (Å²) in [6.07, 6.45) is 0.315. The first-order chi connectivity index (χ1) is 9.11. The Bertz CT molecular complexity index is 502. The zero-order valence-corrected chi connectivity index (χ0v) is 10.8. The molecular weight excluding hydrogens is 246 g/mol. The molecule has 6 heteroatoms. The summed E-state index contributed by atoms with van der Waals surface area (Å²) in [6, 6.07) is 4.98. The number of nitrogens with two attached hydrogens (primary N) is 1. The fourth-order valence-electron chi connectivity index (χ4n) is 1.99. The van der Waals surface area contributed by atoms with Crippen molar-refractivity contribution in [2.45, 2.75) is 6.42 Å². The van der Waals surface area contributed by atoms with Crippen molar-refractivity contribution in [3.8, 4) is 5.75 Å². The third-order valence-electron chi connectivity index (χ3n) is 3.09. The van der Waals surface area contributed by atoms with E-state index in [2.05, 4.69) is 5.32 Å². The molecule has 0 unspecified atom stereocenters. The minimum Gasteiger partial charge on any atom is -0.497 e. The van der Waals surface area contributed by atoms with Gasteiger partial charge in [-0.25, -0.2) is 0 Å². The summed E-state index contributed by atoms with van der Waals surface area (Å²) in [4.78, 5) is 25.3. The molecule has 6 nitrogen and oxygen atoms in total. The summed E-state index contributed by atoms with van der Waals surface area (Å²) in [5.41, 5.74) is 6.65. The van der Waals surface area contributed by atoms with Gasteiger partial charge in [0, 0.05) is 31.7 Å². The van der Waals surface area contributed by atoms with Crippen LogP contribution in [0.5, 0.6) is 5.75 Å². The number of methoxy groups -OCH3 is 1. The monoisotopic (exact) mass is 263 g/mol. The Labute approximate surface area is 111 Å². The summed E-state index contributed by atoms with van der Waals surface area (Å²) < 4.78 is 5.10. The fraction of sp³-hybridized carbons (Fsp3) is 0.385. The number of rotatable bonds is 2. The SMILES string of the molecule is COc1ccc(N)c(C(=O)N2CCNC(=O)CC2)c1. The van der Waals surface area contributed by atoms with Gasteiger partial charge in [0.2, 0.25) is 5.91 Å². The first-order valence-corrected chi connectivity index (χ1v) is 6.11. The van der Waals surface area contributed by atoms with Gasteiger partial charge in [0.15, 0.2) is 0 Å². The molecule has 1 heterocycles. The van der Waals surface area contributed by atoms with Crippen LogP contribution in [0.1, 0.15) is 16.8 Å². The van der Waals surface area contributed by atoms with Crippen LogP contribution < -0.4 is 15.8 Å². The molecule has 19 heavy (non-hydrogen) atoms. The van der Waals surface area contributed by atoms with E-state index in [0.717, 1.165) is 0 Å². The van der Waals surface area contributed by atoms with E-state index in [1.807, 2.05) is 0 Å². The summed E-state index contributed by atoms with van der Waals surface area (Å²) in [6.45, 7) is 1.36. The number of amides is 2. The molecule has 2 amide bonds. The van der Waals surface area contributed by atoms with Crippen molar-refractivity contribution in [1.29, 1.82) is 0 Å². The fourth-order valence-corrected chi connectivity index (χ4v) is 1.99. The molecular formula is C13H17N3O3. The largest absolute Gasteiger partial charge is 0.497 e. The van der Waals surface area contributed by atoms with E-state index in [9.17, 15) is 9.59 Å². The van der Waals surface area contributed by atoms with Crippen molar-refractivity contribution >= 4 is 17.5 Å². The molecule has 1 fully saturated rings. The number of carbonyl (C=O) groups is 2. The Hall–Kier alpha value is -2.24. The maximum Gasteiger partial charge on any atom is 0.256 e. The Kier molecular flexibility index (Phi) is 3.89. The van der Waals surface area contributed by atoms with Gasteiger partial charge in [-0.3, -0.25) is 9.59 Å². The highest BCUT2D eigenvalue weighted by Gasteiger charge is 2.21. The van der Waals surface area contributed by atoms with Crippen LogP contribution >= 0.6 is 0 Å². The predicted molar refractivity (Wildman–Crippen MR) is 70.9 cm³/mol. The maximum absolute atomic E-state index is 12.4. The zero-order chi connectivity index (χ0) is 13.8. The van der Waals surface area contributed by atoms with E-state index in [1.54, 1.807) is 23.1 Å².